The molecule has 0 saturated heterocycles. The number of hydrogen-bond donors (Lipinski definition) is 0. The smallest absolute Gasteiger partial charge is 0.299 e. The lowest BCUT2D eigenvalue weighted by Crippen LogP contribution is -2.35. The zero-order chi connectivity index (χ0) is 9.12. The first-order valence-corrected chi connectivity index (χ1v) is 3.46. The molecule has 0 atom stereocenters. The van der Waals surface area contributed by atoms with Gasteiger partial charge in [0.25, 0.3) is 0 Å². The Morgan fingerprint density at radius 2 is 1.73 bits per heavy atom. The standard InChI is InChI=1S/C7H14F2O2/c1-5-6(2,3)11-7(8,9)10-4/h5H2,1-4H3. The summed E-state index contributed by atoms with van der Waals surface area (Å²) in [7, 11) is 0.908. The molecule has 0 aromatic carbocycles. The SMILES string of the molecule is CCC(C)(C)OC(F)(F)OC. The molecule has 0 rings (SSSR count). The number of hydrogen-bond acceptors (Lipinski definition) is 2. The van der Waals surface area contributed by atoms with Crippen LogP contribution < -0.4 is 0 Å². The maximum absolute atomic E-state index is 12.4. The molecule has 0 aromatic rings. The van der Waals surface area contributed by atoms with Crippen LogP contribution >= 0.6 is 0 Å². The molecule has 0 aliphatic carbocycles. The molecule has 0 aliphatic rings. The summed E-state index contributed by atoms with van der Waals surface area (Å²) in [6.07, 6.45) is -2.97. The van der Waals surface area contributed by atoms with E-state index in [4.69, 9.17) is 0 Å². The summed E-state index contributed by atoms with van der Waals surface area (Å²) in [5.41, 5.74) is -0.848. The van der Waals surface area contributed by atoms with E-state index in [2.05, 4.69) is 9.47 Å². The second kappa shape index (κ2) is 3.45. The van der Waals surface area contributed by atoms with Crippen LogP contribution in [0.5, 0.6) is 0 Å². The highest BCUT2D eigenvalue weighted by atomic mass is 19.3. The molecule has 0 amide bonds. The highest BCUT2D eigenvalue weighted by Crippen LogP contribution is 2.26. The van der Waals surface area contributed by atoms with Gasteiger partial charge in [0.05, 0.1) is 5.60 Å². The summed E-state index contributed by atoms with van der Waals surface area (Å²) in [4.78, 5) is 0. The Hall–Kier alpha value is -0.220. The van der Waals surface area contributed by atoms with Gasteiger partial charge in [-0.3, -0.25) is 9.47 Å². The molecule has 0 N–H and O–H groups in total. The van der Waals surface area contributed by atoms with E-state index in [-0.39, 0.29) is 0 Å². The molecule has 0 unspecified atom stereocenters. The van der Waals surface area contributed by atoms with Crippen LogP contribution in [-0.2, 0) is 9.47 Å². The van der Waals surface area contributed by atoms with Crippen LogP contribution in [0.25, 0.3) is 0 Å². The van der Waals surface area contributed by atoms with Crippen molar-refractivity contribution >= 4 is 0 Å². The van der Waals surface area contributed by atoms with Crippen LogP contribution in [0.15, 0.2) is 0 Å². The van der Waals surface area contributed by atoms with Gasteiger partial charge in [-0.2, -0.15) is 0 Å². The van der Waals surface area contributed by atoms with Gasteiger partial charge < -0.3 is 0 Å². The quantitative estimate of drug-likeness (QED) is 0.600. The average molecular weight is 168 g/mol. The number of methoxy groups -OCH3 is 1. The van der Waals surface area contributed by atoms with Crippen molar-refractivity contribution in [3.63, 3.8) is 0 Å². The molecule has 0 saturated carbocycles. The fraction of sp³-hybridized carbons (Fsp3) is 1.00. The fourth-order valence-electron chi connectivity index (χ4n) is 0.435. The summed E-state index contributed by atoms with van der Waals surface area (Å²) in [6.45, 7) is 4.94. The van der Waals surface area contributed by atoms with E-state index in [1.165, 1.54) is 0 Å². The van der Waals surface area contributed by atoms with Gasteiger partial charge >= 0.3 is 6.29 Å². The van der Waals surface area contributed by atoms with Gasteiger partial charge in [0.15, 0.2) is 0 Å². The Kier molecular flexibility index (Phi) is 3.38. The zero-order valence-electron chi connectivity index (χ0n) is 7.28. The van der Waals surface area contributed by atoms with Crippen LogP contribution in [0, 0.1) is 0 Å². The van der Waals surface area contributed by atoms with Crippen molar-refractivity contribution in [3.8, 4) is 0 Å². The third-order valence-electron chi connectivity index (χ3n) is 1.48. The highest BCUT2D eigenvalue weighted by Gasteiger charge is 2.36. The second-order valence-corrected chi connectivity index (χ2v) is 2.88. The molecule has 11 heavy (non-hydrogen) atoms. The number of rotatable bonds is 4. The molecule has 2 nitrogen and oxygen atoms in total. The van der Waals surface area contributed by atoms with Crippen molar-refractivity contribution in [2.75, 3.05) is 7.11 Å². The van der Waals surface area contributed by atoms with Gasteiger partial charge in [0, 0.05) is 7.11 Å². The lowest BCUT2D eigenvalue weighted by Gasteiger charge is -2.27. The predicted octanol–water partition coefficient (Wildman–Crippen LogP) is 2.39. The molecule has 0 bridgehead atoms. The van der Waals surface area contributed by atoms with Crippen LogP contribution in [0.2, 0.25) is 0 Å². The minimum atomic E-state index is -3.47. The Balaban J connectivity index is 4.02. The first kappa shape index (κ1) is 10.8. The Bertz CT molecular complexity index is 110. The predicted molar refractivity (Wildman–Crippen MR) is 37.4 cm³/mol. The third kappa shape index (κ3) is 4.27. The maximum Gasteiger partial charge on any atom is 0.485 e. The number of ether oxygens (including phenoxy) is 2. The maximum atomic E-state index is 12.4. The van der Waals surface area contributed by atoms with Gasteiger partial charge in [0.2, 0.25) is 0 Å². The van der Waals surface area contributed by atoms with Crippen molar-refractivity contribution in [2.45, 2.75) is 39.1 Å². The average Bonchev–Trinajstić information content (AvgIpc) is 1.86. The molecule has 4 heteroatoms. The summed E-state index contributed by atoms with van der Waals surface area (Å²) in [6, 6.07) is 0. The highest BCUT2D eigenvalue weighted by molar-refractivity contribution is 4.65. The molecule has 68 valence electrons. The van der Waals surface area contributed by atoms with Crippen LogP contribution in [-0.4, -0.2) is 19.0 Å². The van der Waals surface area contributed by atoms with Gasteiger partial charge in [-0.1, -0.05) is 6.92 Å². The number of alkyl halides is 2. The lowest BCUT2D eigenvalue weighted by atomic mass is 10.1. The van der Waals surface area contributed by atoms with Crippen LogP contribution in [0.3, 0.4) is 0 Å². The topological polar surface area (TPSA) is 18.5 Å². The van der Waals surface area contributed by atoms with Crippen molar-refractivity contribution in [1.82, 2.24) is 0 Å². The molecule has 0 aliphatic heterocycles. The first-order chi connectivity index (χ1) is 4.83. The Labute approximate surface area is 65.5 Å². The van der Waals surface area contributed by atoms with Crippen molar-refractivity contribution in [1.29, 1.82) is 0 Å². The van der Waals surface area contributed by atoms with E-state index >= 15 is 0 Å². The van der Waals surface area contributed by atoms with E-state index < -0.39 is 11.9 Å². The van der Waals surface area contributed by atoms with Gasteiger partial charge in [0.1, 0.15) is 0 Å². The van der Waals surface area contributed by atoms with Crippen LogP contribution in [0.4, 0.5) is 8.78 Å². The molecule has 0 spiro atoms. The van der Waals surface area contributed by atoms with Crippen molar-refractivity contribution in [2.24, 2.45) is 0 Å². The van der Waals surface area contributed by atoms with Gasteiger partial charge in [-0.25, -0.2) is 0 Å². The Morgan fingerprint density at radius 1 is 1.27 bits per heavy atom. The molecule has 0 fully saturated rings. The van der Waals surface area contributed by atoms with E-state index in [0.29, 0.717) is 6.42 Å². The normalized spacial score (nSPS) is 13.6. The third-order valence-corrected chi connectivity index (χ3v) is 1.48. The summed E-state index contributed by atoms with van der Waals surface area (Å²) in [5, 5.41) is 0. The zero-order valence-corrected chi connectivity index (χ0v) is 7.28. The fourth-order valence-corrected chi connectivity index (χ4v) is 0.435. The second-order valence-electron chi connectivity index (χ2n) is 2.88. The Morgan fingerprint density at radius 3 is 2.00 bits per heavy atom. The van der Waals surface area contributed by atoms with E-state index in [0.717, 1.165) is 7.11 Å². The molecular formula is C7H14F2O2. The molecule has 0 aromatic heterocycles. The van der Waals surface area contributed by atoms with Gasteiger partial charge in [-0.05, 0) is 20.3 Å². The van der Waals surface area contributed by atoms with E-state index in [1.807, 2.05) is 0 Å². The molecule has 0 heterocycles. The lowest BCUT2D eigenvalue weighted by molar-refractivity contribution is -0.412. The largest absolute Gasteiger partial charge is 0.485 e. The van der Waals surface area contributed by atoms with Gasteiger partial charge in [-0.15, -0.1) is 8.78 Å². The summed E-state index contributed by atoms with van der Waals surface area (Å²) >= 11 is 0. The molecule has 0 radical (unpaired) electrons. The van der Waals surface area contributed by atoms with E-state index in [1.54, 1.807) is 20.8 Å². The van der Waals surface area contributed by atoms with Crippen molar-refractivity contribution < 1.29 is 18.3 Å². The van der Waals surface area contributed by atoms with Crippen LogP contribution in [0.1, 0.15) is 27.2 Å². The minimum absolute atomic E-state index is 0.506. The first-order valence-electron chi connectivity index (χ1n) is 3.46. The van der Waals surface area contributed by atoms with E-state index in [9.17, 15) is 8.78 Å². The number of halogens is 2. The minimum Gasteiger partial charge on any atom is -0.299 e. The molecular weight excluding hydrogens is 154 g/mol. The van der Waals surface area contributed by atoms with Crippen molar-refractivity contribution in [3.05, 3.63) is 0 Å². The summed E-state index contributed by atoms with van der Waals surface area (Å²) in [5.74, 6) is 0. The monoisotopic (exact) mass is 168 g/mol. The summed E-state index contributed by atoms with van der Waals surface area (Å²) < 4.78 is 33.0.